The zero-order valence-electron chi connectivity index (χ0n) is 23.1. The van der Waals surface area contributed by atoms with Crippen LogP contribution < -0.4 is 9.62 Å². The minimum Gasteiger partial charge on any atom is -0.352 e. The number of halogens is 1. The van der Waals surface area contributed by atoms with Crippen molar-refractivity contribution in [3.05, 3.63) is 94.5 Å². The van der Waals surface area contributed by atoms with Crippen molar-refractivity contribution in [2.45, 2.75) is 70.0 Å². The number of anilines is 1. The fourth-order valence-electron chi connectivity index (χ4n) is 5.00. The Bertz CT molecular complexity index is 1440. The third-order valence-electron chi connectivity index (χ3n) is 7.59. The van der Waals surface area contributed by atoms with E-state index in [0.29, 0.717) is 10.7 Å². The Kier molecular flexibility index (Phi) is 9.53. The van der Waals surface area contributed by atoms with Gasteiger partial charge in [0.05, 0.1) is 10.6 Å². The third-order valence-corrected chi connectivity index (χ3v) is 9.62. The molecule has 2 amide bonds. The quantitative estimate of drug-likeness (QED) is 0.336. The summed E-state index contributed by atoms with van der Waals surface area (Å²) < 4.78 is 29.0. The molecule has 1 aliphatic carbocycles. The normalized spacial score (nSPS) is 14.5. The molecule has 0 heterocycles. The number of nitrogens with one attached hydrogen (secondary N) is 1. The SMILES string of the molecule is Cc1cccc(N(CC(=O)N(Cc2ccc(Cl)cc2)C(C)C(=O)NC2CCCC2)S(=O)(=O)c2ccccc2)c1C. The van der Waals surface area contributed by atoms with E-state index >= 15 is 0 Å². The molecule has 4 rings (SSSR count). The highest BCUT2D eigenvalue weighted by atomic mass is 35.5. The molecule has 0 spiro atoms. The van der Waals surface area contributed by atoms with Crippen molar-refractivity contribution in [3.63, 3.8) is 0 Å². The van der Waals surface area contributed by atoms with E-state index in [1.807, 2.05) is 19.9 Å². The van der Waals surface area contributed by atoms with Gasteiger partial charge in [-0.3, -0.25) is 13.9 Å². The monoisotopic (exact) mass is 581 g/mol. The smallest absolute Gasteiger partial charge is 0.264 e. The maximum Gasteiger partial charge on any atom is 0.264 e. The number of benzene rings is 3. The second kappa shape index (κ2) is 12.9. The average molecular weight is 582 g/mol. The number of carbonyl (C=O) groups excluding carboxylic acids is 2. The predicted molar refractivity (Wildman–Crippen MR) is 159 cm³/mol. The summed E-state index contributed by atoms with van der Waals surface area (Å²) in [5.41, 5.74) is 2.86. The molecule has 40 heavy (non-hydrogen) atoms. The largest absolute Gasteiger partial charge is 0.352 e. The molecule has 9 heteroatoms. The molecule has 1 saturated carbocycles. The highest BCUT2D eigenvalue weighted by Gasteiger charge is 2.34. The Morgan fingerprint density at radius 3 is 2.25 bits per heavy atom. The lowest BCUT2D eigenvalue weighted by molar-refractivity contribution is -0.139. The van der Waals surface area contributed by atoms with Gasteiger partial charge in [-0.05, 0) is 80.6 Å². The summed E-state index contributed by atoms with van der Waals surface area (Å²) in [6.07, 6.45) is 3.96. The molecule has 3 aromatic rings. The van der Waals surface area contributed by atoms with Crippen molar-refractivity contribution in [2.75, 3.05) is 10.8 Å². The number of amides is 2. The van der Waals surface area contributed by atoms with Crippen LogP contribution in [0.3, 0.4) is 0 Å². The lowest BCUT2D eigenvalue weighted by atomic mass is 10.1. The average Bonchev–Trinajstić information content (AvgIpc) is 3.46. The molecule has 0 saturated heterocycles. The maximum absolute atomic E-state index is 14.1. The number of hydrogen-bond donors (Lipinski definition) is 1. The van der Waals surface area contributed by atoms with Crippen molar-refractivity contribution in [3.8, 4) is 0 Å². The molecular weight excluding hydrogens is 546 g/mol. The first-order valence-corrected chi connectivity index (χ1v) is 15.4. The van der Waals surface area contributed by atoms with E-state index in [1.54, 1.807) is 61.5 Å². The second-order valence-electron chi connectivity index (χ2n) is 10.4. The molecule has 7 nitrogen and oxygen atoms in total. The van der Waals surface area contributed by atoms with Crippen molar-refractivity contribution in [1.29, 1.82) is 0 Å². The molecule has 212 valence electrons. The number of rotatable bonds is 10. The first kappa shape index (κ1) is 29.6. The first-order chi connectivity index (χ1) is 19.1. The molecule has 1 aliphatic rings. The molecule has 0 aliphatic heterocycles. The fourth-order valence-corrected chi connectivity index (χ4v) is 6.62. The van der Waals surface area contributed by atoms with E-state index in [2.05, 4.69) is 5.32 Å². The van der Waals surface area contributed by atoms with Crippen molar-refractivity contribution >= 4 is 39.1 Å². The van der Waals surface area contributed by atoms with Gasteiger partial charge in [0.2, 0.25) is 11.8 Å². The number of sulfonamides is 1. The number of carbonyl (C=O) groups is 2. The minimum absolute atomic E-state index is 0.0833. The lowest BCUT2D eigenvalue weighted by Gasteiger charge is -2.33. The van der Waals surface area contributed by atoms with Crippen LogP contribution in [0.25, 0.3) is 0 Å². The van der Waals surface area contributed by atoms with E-state index < -0.39 is 28.5 Å². The van der Waals surface area contributed by atoms with Crippen LogP contribution in [0.4, 0.5) is 5.69 Å². The molecule has 0 bridgehead atoms. The summed E-state index contributed by atoms with van der Waals surface area (Å²) in [5.74, 6) is -0.733. The molecule has 3 aromatic carbocycles. The van der Waals surface area contributed by atoms with Gasteiger partial charge in [-0.15, -0.1) is 0 Å². The van der Waals surface area contributed by atoms with Gasteiger partial charge in [0, 0.05) is 17.6 Å². The highest BCUT2D eigenvalue weighted by Crippen LogP contribution is 2.29. The first-order valence-electron chi connectivity index (χ1n) is 13.6. The van der Waals surface area contributed by atoms with Gasteiger partial charge in [-0.2, -0.15) is 0 Å². The van der Waals surface area contributed by atoms with Crippen molar-refractivity contribution in [1.82, 2.24) is 10.2 Å². The minimum atomic E-state index is -4.10. The molecule has 1 atom stereocenters. The van der Waals surface area contributed by atoms with Crippen LogP contribution in [-0.2, 0) is 26.2 Å². The van der Waals surface area contributed by atoms with Gasteiger partial charge in [-0.25, -0.2) is 8.42 Å². The summed E-state index contributed by atoms with van der Waals surface area (Å²) in [6.45, 7) is 5.09. The van der Waals surface area contributed by atoms with Gasteiger partial charge in [0.25, 0.3) is 10.0 Å². The van der Waals surface area contributed by atoms with E-state index in [-0.39, 0.29) is 23.4 Å². The van der Waals surface area contributed by atoms with Gasteiger partial charge in [0.1, 0.15) is 12.6 Å². The van der Waals surface area contributed by atoms with Gasteiger partial charge in [-0.1, -0.05) is 66.9 Å². The van der Waals surface area contributed by atoms with Crippen LogP contribution in [-0.4, -0.2) is 43.8 Å². The standard InChI is InChI=1S/C31H36ClN3O4S/c1-22-10-9-15-29(23(22)2)35(40(38,39)28-13-5-4-6-14-28)21-30(36)34(20-25-16-18-26(32)19-17-25)24(3)31(37)33-27-11-7-8-12-27/h4-6,9-10,13-19,24,27H,7-8,11-12,20-21H2,1-3H3,(H,33,37). The van der Waals surface area contributed by atoms with Crippen molar-refractivity contribution in [2.24, 2.45) is 0 Å². The lowest BCUT2D eigenvalue weighted by Crippen LogP contribution is -2.52. The van der Waals surface area contributed by atoms with Crippen molar-refractivity contribution < 1.29 is 18.0 Å². The number of aryl methyl sites for hydroxylation is 1. The Hall–Kier alpha value is -3.36. The van der Waals surface area contributed by atoms with Crippen LogP contribution in [0.15, 0.2) is 77.7 Å². The summed E-state index contributed by atoms with van der Waals surface area (Å²) >= 11 is 6.07. The number of nitrogens with zero attached hydrogens (tertiary/aromatic N) is 2. The third kappa shape index (κ3) is 6.85. The zero-order chi connectivity index (χ0) is 28.9. The Morgan fingerprint density at radius 2 is 1.60 bits per heavy atom. The van der Waals surface area contributed by atoms with Gasteiger partial charge >= 0.3 is 0 Å². The second-order valence-corrected chi connectivity index (χ2v) is 12.7. The predicted octanol–water partition coefficient (Wildman–Crippen LogP) is 5.63. The molecular formula is C31H36ClN3O4S. The van der Waals surface area contributed by atoms with Crippen LogP contribution in [0.2, 0.25) is 5.02 Å². The maximum atomic E-state index is 14.1. The Balaban J connectivity index is 1.70. The van der Waals surface area contributed by atoms with E-state index in [9.17, 15) is 18.0 Å². The van der Waals surface area contributed by atoms with Gasteiger partial charge in [0.15, 0.2) is 0 Å². The van der Waals surface area contributed by atoms with E-state index in [0.717, 1.165) is 46.7 Å². The van der Waals surface area contributed by atoms with Crippen LogP contribution >= 0.6 is 11.6 Å². The molecule has 1 unspecified atom stereocenters. The van der Waals surface area contributed by atoms with E-state index in [1.165, 1.54) is 17.0 Å². The molecule has 1 N–H and O–H groups in total. The molecule has 0 aromatic heterocycles. The van der Waals surface area contributed by atoms with Crippen LogP contribution in [0.1, 0.15) is 49.3 Å². The summed E-state index contributed by atoms with van der Waals surface area (Å²) in [7, 11) is -4.10. The Labute approximate surface area is 242 Å². The van der Waals surface area contributed by atoms with Crippen LogP contribution in [0, 0.1) is 13.8 Å². The summed E-state index contributed by atoms with van der Waals surface area (Å²) in [5, 5.41) is 3.64. The molecule has 1 fully saturated rings. The Morgan fingerprint density at radius 1 is 0.950 bits per heavy atom. The molecule has 0 radical (unpaired) electrons. The number of hydrogen-bond acceptors (Lipinski definition) is 4. The summed E-state index contributed by atoms with van der Waals surface area (Å²) in [6, 6.07) is 19.8. The summed E-state index contributed by atoms with van der Waals surface area (Å²) in [4.78, 5) is 28.9. The zero-order valence-corrected chi connectivity index (χ0v) is 24.7. The van der Waals surface area contributed by atoms with Crippen LogP contribution in [0.5, 0.6) is 0 Å². The van der Waals surface area contributed by atoms with E-state index in [4.69, 9.17) is 11.6 Å². The fraction of sp³-hybridized carbons (Fsp3) is 0.355. The topological polar surface area (TPSA) is 86.8 Å². The van der Waals surface area contributed by atoms with Gasteiger partial charge < -0.3 is 10.2 Å². The highest BCUT2D eigenvalue weighted by molar-refractivity contribution is 7.92.